The second-order valence-corrected chi connectivity index (χ2v) is 2.10. The van der Waals surface area contributed by atoms with Crippen LogP contribution in [0.4, 0.5) is 0 Å². The van der Waals surface area contributed by atoms with Crippen LogP contribution in [0.25, 0.3) is 0 Å². The lowest BCUT2D eigenvalue weighted by Gasteiger charge is -1.86. The summed E-state index contributed by atoms with van der Waals surface area (Å²) in [7, 11) is 0. The van der Waals surface area contributed by atoms with Crippen molar-refractivity contribution < 1.29 is 0 Å². The second kappa shape index (κ2) is 12.7. The fourth-order valence-electron chi connectivity index (χ4n) is 0.555. The van der Waals surface area contributed by atoms with Crippen LogP contribution in [0.3, 0.4) is 0 Å². The van der Waals surface area contributed by atoms with Gasteiger partial charge in [0.15, 0.2) is 0 Å². The second-order valence-electron chi connectivity index (χ2n) is 2.10. The number of rotatable bonds is 3. The highest BCUT2D eigenvalue weighted by molar-refractivity contribution is 5.07. The molecule has 0 heterocycles. The Morgan fingerprint density at radius 1 is 1.42 bits per heavy atom. The zero-order chi connectivity index (χ0) is 9.82. The van der Waals surface area contributed by atoms with Crippen LogP contribution in [0.5, 0.6) is 0 Å². The van der Waals surface area contributed by atoms with E-state index in [9.17, 15) is 0 Å². The molecule has 0 aliphatic heterocycles. The molecule has 0 aliphatic carbocycles. The molecule has 0 spiro atoms. The van der Waals surface area contributed by atoms with Crippen LogP contribution in [0.2, 0.25) is 0 Å². The largest absolute Gasteiger partial charge is 0.122 e. The summed E-state index contributed by atoms with van der Waals surface area (Å²) in [5.41, 5.74) is 4.32. The highest BCUT2D eigenvalue weighted by Gasteiger charge is 1.78. The molecule has 0 unspecified atom stereocenters. The molecule has 0 radical (unpaired) electrons. The molecule has 0 bridgehead atoms. The van der Waals surface area contributed by atoms with Crippen molar-refractivity contribution in [1.29, 1.82) is 0 Å². The minimum absolute atomic E-state index is 0.987. The van der Waals surface area contributed by atoms with Gasteiger partial charge in [-0.25, -0.2) is 0 Å². The van der Waals surface area contributed by atoms with Gasteiger partial charge in [-0.1, -0.05) is 38.7 Å². The molecule has 0 N–H and O–H groups in total. The molecular formula is C12H20. The molecule has 0 aliphatic rings. The van der Waals surface area contributed by atoms with Crippen molar-refractivity contribution in [2.45, 2.75) is 34.1 Å². The normalized spacial score (nSPS) is 8.00. The standard InChI is InChI=1S/C10H14.C2H6/c1-4-6-8-10(3)9-7-5-2;1-2/h4-7H,1,9H2,2-3H3;1-2H3/b7-5-;. The minimum atomic E-state index is 0.987. The van der Waals surface area contributed by atoms with Gasteiger partial charge in [0.1, 0.15) is 0 Å². The van der Waals surface area contributed by atoms with E-state index in [-0.39, 0.29) is 0 Å². The first-order valence-corrected chi connectivity index (χ1v) is 4.45. The van der Waals surface area contributed by atoms with Crippen molar-refractivity contribution in [2.75, 3.05) is 0 Å². The summed E-state index contributed by atoms with van der Waals surface area (Å²) in [6.45, 7) is 11.6. The van der Waals surface area contributed by atoms with E-state index in [1.165, 1.54) is 5.57 Å². The maximum atomic E-state index is 3.56. The molecule has 0 nitrogen and oxygen atoms in total. The van der Waals surface area contributed by atoms with Gasteiger partial charge >= 0.3 is 0 Å². The Kier molecular flexibility index (Phi) is 14.3. The lowest BCUT2D eigenvalue weighted by molar-refractivity contribution is 1.21. The first-order chi connectivity index (χ1) is 5.81. The first-order valence-electron chi connectivity index (χ1n) is 4.45. The van der Waals surface area contributed by atoms with Crippen LogP contribution in [-0.2, 0) is 0 Å². The van der Waals surface area contributed by atoms with Crippen molar-refractivity contribution in [3.05, 3.63) is 42.2 Å². The molecule has 0 heteroatoms. The van der Waals surface area contributed by atoms with Crippen molar-refractivity contribution in [1.82, 2.24) is 0 Å². The molecule has 0 saturated heterocycles. The zero-order valence-corrected chi connectivity index (χ0v) is 8.72. The molecule has 12 heavy (non-hydrogen) atoms. The Labute approximate surface area is 77.0 Å². The zero-order valence-electron chi connectivity index (χ0n) is 8.72. The summed E-state index contributed by atoms with van der Waals surface area (Å²) in [4.78, 5) is 0. The maximum absolute atomic E-state index is 3.56. The molecule has 0 amide bonds. The summed E-state index contributed by atoms with van der Waals surface area (Å²) >= 11 is 0. The Bertz CT molecular complexity index is 176. The van der Waals surface area contributed by atoms with E-state index in [0.717, 1.165) is 6.42 Å². The van der Waals surface area contributed by atoms with Crippen LogP contribution in [0, 0.1) is 0 Å². The third-order valence-corrected chi connectivity index (χ3v) is 1.11. The average molecular weight is 164 g/mol. The van der Waals surface area contributed by atoms with E-state index >= 15 is 0 Å². The Morgan fingerprint density at radius 2 is 2.00 bits per heavy atom. The van der Waals surface area contributed by atoms with Gasteiger partial charge in [0.05, 0.1) is 0 Å². The van der Waals surface area contributed by atoms with Crippen molar-refractivity contribution >= 4 is 0 Å². The van der Waals surface area contributed by atoms with Crippen LogP contribution in [0.1, 0.15) is 34.1 Å². The van der Waals surface area contributed by atoms with E-state index in [4.69, 9.17) is 0 Å². The van der Waals surface area contributed by atoms with E-state index in [1.807, 2.05) is 32.9 Å². The predicted molar refractivity (Wildman–Crippen MR) is 58.2 cm³/mol. The van der Waals surface area contributed by atoms with E-state index in [1.54, 1.807) is 6.08 Å². The quantitative estimate of drug-likeness (QED) is 0.332. The number of hydrogen-bond acceptors (Lipinski definition) is 0. The SMILES string of the molecule is C=CC=C=C(C)C/C=C\C.CC. The van der Waals surface area contributed by atoms with Crippen molar-refractivity contribution in [3.63, 3.8) is 0 Å². The Balaban J connectivity index is 0. The molecule has 0 aromatic heterocycles. The molecule has 0 saturated carbocycles. The molecule has 0 fully saturated rings. The lowest BCUT2D eigenvalue weighted by atomic mass is 10.2. The molecule has 0 aromatic rings. The number of allylic oxidation sites excluding steroid dienone is 4. The topological polar surface area (TPSA) is 0 Å². The molecule has 68 valence electrons. The molecule has 0 aromatic carbocycles. The van der Waals surface area contributed by atoms with Gasteiger partial charge in [0.25, 0.3) is 0 Å². The van der Waals surface area contributed by atoms with Gasteiger partial charge < -0.3 is 0 Å². The average Bonchev–Trinajstić information content (AvgIpc) is 2.14. The fourth-order valence-corrected chi connectivity index (χ4v) is 0.555. The van der Waals surface area contributed by atoms with Crippen molar-refractivity contribution in [3.8, 4) is 0 Å². The van der Waals surface area contributed by atoms with Crippen molar-refractivity contribution in [2.24, 2.45) is 0 Å². The summed E-state index contributed by atoms with van der Waals surface area (Å²) < 4.78 is 0. The number of hydrogen-bond donors (Lipinski definition) is 0. The lowest BCUT2D eigenvalue weighted by Crippen LogP contribution is -1.66. The summed E-state index contributed by atoms with van der Waals surface area (Å²) in [6, 6.07) is 0. The van der Waals surface area contributed by atoms with Crippen LogP contribution in [0.15, 0.2) is 42.2 Å². The third-order valence-electron chi connectivity index (χ3n) is 1.11. The Hall–Kier alpha value is -1.00. The molecule has 0 atom stereocenters. The fraction of sp³-hybridized carbons (Fsp3) is 0.417. The minimum Gasteiger partial charge on any atom is -0.122 e. The summed E-state index contributed by atoms with van der Waals surface area (Å²) in [6.07, 6.45) is 8.71. The third kappa shape index (κ3) is 11.8. The summed E-state index contributed by atoms with van der Waals surface area (Å²) in [5.74, 6) is 0. The van der Waals surface area contributed by atoms with Gasteiger partial charge in [-0.3, -0.25) is 0 Å². The molecular weight excluding hydrogens is 144 g/mol. The predicted octanol–water partition coefficient (Wildman–Crippen LogP) is 4.27. The van der Waals surface area contributed by atoms with Gasteiger partial charge in [0, 0.05) is 0 Å². The highest BCUT2D eigenvalue weighted by Crippen LogP contribution is 1.97. The van der Waals surface area contributed by atoms with Gasteiger partial charge in [-0.05, 0) is 31.9 Å². The van der Waals surface area contributed by atoms with E-state index < -0.39 is 0 Å². The van der Waals surface area contributed by atoms with Gasteiger partial charge in [0.2, 0.25) is 0 Å². The van der Waals surface area contributed by atoms with Gasteiger partial charge in [-0.15, -0.1) is 5.73 Å². The van der Waals surface area contributed by atoms with Gasteiger partial charge in [-0.2, -0.15) is 0 Å². The van der Waals surface area contributed by atoms with E-state index in [0.29, 0.717) is 0 Å². The highest BCUT2D eigenvalue weighted by atomic mass is 13.8. The summed E-state index contributed by atoms with van der Waals surface area (Å²) in [5, 5.41) is 0. The first kappa shape index (κ1) is 13.6. The van der Waals surface area contributed by atoms with E-state index in [2.05, 4.69) is 25.3 Å². The van der Waals surface area contributed by atoms with Crippen LogP contribution in [-0.4, -0.2) is 0 Å². The van der Waals surface area contributed by atoms with Crippen LogP contribution >= 0.6 is 0 Å². The van der Waals surface area contributed by atoms with Crippen LogP contribution < -0.4 is 0 Å². The Morgan fingerprint density at radius 3 is 2.42 bits per heavy atom. The maximum Gasteiger partial charge on any atom is -0.00654 e. The smallest absolute Gasteiger partial charge is 0.00654 e. The molecule has 0 rings (SSSR count). The monoisotopic (exact) mass is 164 g/mol.